The fourth-order valence-electron chi connectivity index (χ4n) is 1.37. The number of ketones is 1. The molecule has 1 aromatic rings. The van der Waals surface area contributed by atoms with Gasteiger partial charge in [0.05, 0.1) is 28.4 Å². The number of methoxy groups -OCH3 is 1. The highest BCUT2D eigenvalue weighted by Gasteiger charge is 2.34. The minimum atomic E-state index is -0.734. The van der Waals surface area contributed by atoms with Crippen molar-refractivity contribution < 1.29 is 14.3 Å². The number of rotatable bonds is 1. The first-order valence-corrected chi connectivity index (χ1v) is 4.73. The number of anilines is 1. The Morgan fingerprint density at radius 3 is 2.60 bits per heavy atom. The maximum atomic E-state index is 11.4. The van der Waals surface area contributed by atoms with Crippen molar-refractivity contribution in [3.63, 3.8) is 0 Å². The van der Waals surface area contributed by atoms with Crippen LogP contribution in [0.2, 0.25) is 10.0 Å². The molecule has 15 heavy (non-hydrogen) atoms. The normalized spacial score (nSPS) is 13.8. The third kappa shape index (κ3) is 1.37. The molecule has 1 aliphatic rings. The standard InChI is InChI=1S/C9H5Cl2NO3/c1-15-4-2-3(10)7-5(6(4)11)8(13)9(14)12-7/h2H,1H3,(H,12,13,14). The van der Waals surface area contributed by atoms with Crippen molar-refractivity contribution in [3.05, 3.63) is 21.7 Å². The second kappa shape index (κ2) is 3.40. The number of amides is 1. The summed E-state index contributed by atoms with van der Waals surface area (Å²) < 4.78 is 4.93. The van der Waals surface area contributed by atoms with Gasteiger partial charge >= 0.3 is 0 Å². The van der Waals surface area contributed by atoms with Crippen molar-refractivity contribution in [2.24, 2.45) is 0 Å². The minimum absolute atomic E-state index is 0.0750. The SMILES string of the molecule is COc1cc(Cl)c2c(c1Cl)C(=O)C(=O)N2. The Kier molecular flexibility index (Phi) is 2.32. The van der Waals surface area contributed by atoms with Crippen molar-refractivity contribution in [2.45, 2.75) is 0 Å². The van der Waals surface area contributed by atoms with E-state index < -0.39 is 11.7 Å². The number of carbonyl (C=O) groups excluding carboxylic acids is 2. The number of fused-ring (bicyclic) bond motifs is 1. The summed E-state index contributed by atoms with van der Waals surface area (Å²) in [4.78, 5) is 22.5. The van der Waals surface area contributed by atoms with Gasteiger partial charge in [0.1, 0.15) is 5.75 Å². The molecule has 0 bridgehead atoms. The molecule has 4 nitrogen and oxygen atoms in total. The molecule has 2 rings (SSSR count). The zero-order valence-corrected chi connectivity index (χ0v) is 9.07. The van der Waals surface area contributed by atoms with E-state index in [2.05, 4.69) is 5.32 Å². The Bertz CT molecular complexity index is 485. The number of hydrogen-bond acceptors (Lipinski definition) is 3. The quantitative estimate of drug-likeness (QED) is 0.772. The van der Waals surface area contributed by atoms with Gasteiger partial charge in [-0.15, -0.1) is 0 Å². The summed E-state index contributed by atoms with van der Waals surface area (Å²) >= 11 is 11.7. The molecule has 0 spiro atoms. The highest BCUT2D eigenvalue weighted by atomic mass is 35.5. The minimum Gasteiger partial charge on any atom is -0.495 e. The lowest BCUT2D eigenvalue weighted by molar-refractivity contribution is -0.112. The molecule has 0 fully saturated rings. The van der Waals surface area contributed by atoms with Gasteiger partial charge in [-0.05, 0) is 0 Å². The van der Waals surface area contributed by atoms with Gasteiger partial charge in [0.15, 0.2) is 0 Å². The first-order chi connectivity index (χ1) is 7.06. The van der Waals surface area contributed by atoms with Gasteiger partial charge < -0.3 is 10.1 Å². The first kappa shape index (κ1) is 10.3. The molecular weight excluding hydrogens is 241 g/mol. The number of ether oxygens (including phenoxy) is 1. The van der Waals surface area contributed by atoms with Gasteiger partial charge in [-0.2, -0.15) is 0 Å². The molecule has 1 N–H and O–H groups in total. The lowest BCUT2D eigenvalue weighted by Crippen LogP contribution is -2.12. The fourth-order valence-corrected chi connectivity index (χ4v) is 1.92. The largest absolute Gasteiger partial charge is 0.495 e. The summed E-state index contributed by atoms with van der Waals surface area (Å²) in [6.45, 7) is 0. The van der Waals surface area contributed by atoms with Crippen molar-refractivity contribution in [3.8, 4) is 5.75 Å². The number of nitrogens with one attached hydrogen (secondary N) is 1. The van der Waals surface area contributed by atoms with Crippen LogP contribution < -0.4 is 10.1 Å². The fraction of sp³-hybridized carbons (Fsp3) is 0.111. The van der Waals surface area contributed by atoms with Crippen LogP contribution in [0.25, 0.3) is 0 Å². The van der Waals surface area contributed by atoms with Crippen molar-refractivity contribution in [1.29, 1.82) is 0 Å². The molecule has 0 radical (unpaired) electrons. The first-order valence-electron chi connectivity index (χ1n) is 3.98. The Balaban J connectivity index is 2.75. The van der Waals surface area contributed by atoms with Crippen LogP contribution in [-0.4, -0.2) is 18.8 Å². The monoisotopic (exact) mass is 245 g/mol. The van der Waals surface area contributed by atoms with Gasteiger partial charge in [-0.25, -0.2) is 0 Å². The van der Waals surface area contributed by atoms with Crippen LogP contribution >= 0.6 is 23.2 Å². The van der Waals surface area contributed by atoms with E-state index in [1.165, 1.54) is 13.2 Å². The third-order valence-electron chi connectivity index (χ3n) is 2.07. The molecule has 1 aromatic carbocycles. The van der Waals surface area contributed by atoms with Crippen LogP contribution in [0.3, 0.4) is 0 Å². The van der Waals surface area contributed by atoms with Crippen LogP contribution in [0.15, 0.2) is 6.07 Å². The molecule has 1 heterocycles. The molecule has 0 aromatic heterocycles. The molecule has 6 heteroatoms. The Morgan fingerprint density at radius 1 is 1.33 bits per heavy atom. The van der Waals surface area contributed by atoms with Crippen molar-refractivity contribution >= 4 is 40.6 Å². The average Bonchev–Trinajstić information content (AvgIpc) is 2.50. The topological polar surface area (TPSA) is 55.4 Å². The summed E-state index contributed by atoms with van der Waals surface area (Å²) in [5.74, 6) is -1.16. The van der Waals surface area contributed by atoms with Crippen molar-refractivity contribution in [2.75, 3.05) is 12.4 Å². The van der Waals surface area contributed by atoms with E-state index >= 15 is 0 Å². The molecule has 78 valence electrons. The summed E-state index contributed by atoms with van der Waals surface area (Å²) in [7, 11) is 1.40. The number of carbonyl (C=O) groups is 2. The van der Waals surface area contributed by atoms with Gasteiger partial charge in [-0.1, -0.05) is 23.2 Å². The lowest BCUT2D eigenvalue weighted by atomic mass is 10.1. The molecule has 0 aliphatic carbocycles. The van der Waals surface area contributed by atoms with Gasteiger partial charge in [0.25, 0.3) is 11.7 Å². The smallest absolute Gasteiger partial charge is 0.296 e. The second-order valence-corrected chi connectivity index (χ2v) is 3.69. The third-order valence-corrected chi connectivity index (χ3v) is 2.75. The maximum absolute atomic E-state index is 11.4. The van der Waals surface area contributed by atoms with E-state index in [0.717, 1.165) is 0 Å². The second-order valence-electron chi connectivity index (χ2n) is 2.91. The maximum Gasteiger partial charge on any atom is 0.296 e. The number of hydrogen-bond donors (Lipinski definition) is 1. The summed E-state index contributed by atoms with van der Waals surface area (Å²) in [6.07, 6.45) is 0. The van der Waals surface area contributed by atoms with Crippen molar-refractivity contribution in [1.82, 2.24) is 0 Å². The molecule has 1 amide bonds. The van der Waals surface area contributed by atoms with E-state index in [1.807, 2.05) is 0 Å². The van der Waals surface area contributed by atoms with E-state index in [-0.39, 0.29) is 27.0 Å². The Labute approximate surface area is 95.1 Å². The van der Waals surface area contributed by atoms with E-state index in [0.29, 0.717) is 0 Å². The van der Waals surface area contributed by atoms with Gasteiger partial charge in [0.2, 0.25) is 0 Å². The van der Waals surface area contributed by atoms with E-state index in [1.54, 1.807) is 0 Å². The van der Waals surface area contributed by atoms with E-state index in [4.69, 9.17) is 27.9 Å². The van der Waals surface area contributed by atoms with Crippen LogP contribution in [0, 0.1) is 0 Å². The van der Waals surface area contributed by atoms with Crippen LogP contribution in [0.5, 0.6) is 5.75 Å². The van der Waals surface area contributed by atoms with Crippen LogP contribution in [-0.2, 0) is 4.79 Å². The molecular formula is C9H5Cl2NO3. The Morgan fingerprint density at radius 2 is 2.00 bits per heavy atom. The number of Topliss-reactive ketones (excluding diaryl/α,β-unsaturated/α-hetero) is 1. The number of halogens is 2. The molecule has 0 unspecified atom stereocenters. The van der Waals surface area contributed by atoms with Crippen LogP contribution in [0.4, 0.5) is 5.69 Å². The van der Waals surface area contributed by atoms with Gasteiger partial charge in [0, 0.05) is 6.07 Å². The Hall–Kier alpha value is -1.26. The van der Waals surface area contributed by atoms with Gasteiger partial charge in [-0.3, -0.25) is 9.59 Å². The zero-order chi connectivity index (χ0) is 11.2. The summed E-state index contributed by atoms with van der Waals surface area (Å²) in [5, 5.41) is 2.67. The lowest BCUT2D eigenvalue weighted by Gasteiger charge is -2.07. The highest BCUT2D eigenvalue weighted by Crippen LogP contribution is 2.41. The molecule has 0 saturated heterocycles. The van der Waals surface area contributed by atoms with E-state index in [9.17, 15) is 9.59 Å². The zero-order valence-electron chi connectivity index (χ0n) is 7.56. The molecule has 0 atom stereocenters. The summed E-state index contributed by atoms with van der Waals surface area (Å²) in [5.41, 5.74) is 0.323. The predicted molar refractivity (Wildman–Crippen MR) is 56.0 cm³/mol. The molecule has 0 saturated carbocycles. The number of benzene rings is 1. The highest BCUT2D eigenvalue weighted by molar-refractivity contribution is 6.56. The average molecular weight is 246 g/mol. The predicted octanol–water partition coefficient (Wildman–Crippen LogP) is 2.14. The molecule has 1 aliphatic heterocycles. The van der Waals surface area contributed by atoms with Crippen LogP contribution in [0.1, 0.15) is 10.4 Å². The summed E-state index contributed by atoms with van der Waals surface area (Å²) in [6, 6.07) is 1.45.